The van der Waals surface area contributed by atoms with Crippen LogP contribution in [0.3, 0.4) is 0 Å². The van der Waals surface area contributed by atoms with Crippen LogP contribution in [0.1, 0.15) is 133 Å². The highest BCUT2D eigenvalue weighted by Gasteiger charge is 2.20. The molecule has 0 nitrogen and oxygen atoms in total. The van der Waals surface area contributed by atoms with Crippen molar-refractivity contribution >= 4 is 0 Å². The van der Waals surface area contributed by atoms with E-state index in [1.165, 1.54) is 83.5 Å². The van der Waals surface area contributed by atoms with E-state index in [2.05, 4.69) is 148 Å². The van der Waals surface area contributed by atoms with Crippen LogP contribution < -0.4 is 0 Å². The number of benzene rings is 6. The van der Waals surface area contributed by atoms with Crippen molar-refractivity contribution in [2.75, 3.05) is 0 Å². The molecule has 6 aromatic rings. The number of rotatable bonds is 0. The van der Waals surface area contributed by atoms with Crippen molar-refractivity contribution in [2.45, 2.75) is 123 Å². The first kappa shape index (κ1) is 47.3. The molecule has 3 aliphatic carbocycles. The van der Waals surface area contributed by atoms with Crippen LogP contribution in [0, 0.1) is 20.8 Å². The highest BCUT2D eigenvalue weighted by molar-refractivity contribution is 5.80. The summed E-state index contributed by atoms with van der Waals surface area (Å²) in [4.78, 5) is 0. The Morgan fingerprint density at radius 2 is 0.685 bits per heavy atom. The van der Waals surface area contributed by atoms with Crippen LogP contribution in [0.2, 0.25) is 0 Å². The van der Waals surface area contributed by atoms with Gasteiger partial charge in [0.2, 0.25) is 0 Å². The van der Waals surface area contributed by atoms with Gasteiger partial charge in [-0.05, 0) is 118 Å². The summed E-state index contributed by atoms with van der Waals surface area (Å²) in [5, 5.41) is 0. The van der Waals surface area contributed by atoms with Crippen molar-refractivity contribution < 1.29 is 0 Å². The van der Waals surface area contributed by atoms with Gasteiger partial charge in [0, 0.05) is 0 Å². The summed E-state index contributed by atoms with van der Waals surface area (Å²) in [5.74, 6) is 0. The lowest BCUT2D eigenvalue weighted by molar-refractivity contribution is 1.22. The standard InChI is InChI=1S/3C14H12.6C2H6/c1-10-5-4-7-12-9-11-6-2-3-8-13(11)14(10)12;1-10-5-4-8-13-12-7-3-2-6-11(12)9-14(10)13;1-10-6-7-14-12(8-10)9-11-4-2-3-5-13(11)14;6*1-2/h3*2-8H,9H2,1H3;6*1-2H3. The molecule has 0 aliphatic heterocycles. The van der Waals surface area contributed by atoms with Gasteiger partial charge in [-0.3, -0.25) is 0 Å². The fourth-order valence-corrected chi connectivity index (χ4v) is 6.98. The summed E-state index contributed by atoms with van der Waals surface area (Å²) >= 11 is 0. The Bertz CT molecular complexity index is 1940. The molecule has 0 atom stereocenters. The fraction of sp³-hybridized carbons (Fsp3) is 0.333. The predicted molar refractivity (Wildman–Crippen MR) is 246 cm³/mol. The maximum Gasteiger partial charge on any atom is -0.00108 e. The molecule has 0 aromatic heterocycles. The normalized spacial score (nSPS) is 10.3. The summed E-state index contributed by atoms with van der Waals surface area (Å²) in [5.41, 5.74) is 21.6. The predicted octanol–water partition coefficient (Wildman–Crippen LogP) is 16.9. The van der Waals surface area contributed by atoms with Crippen molar-refractivity contribution in [3.8, 4) is 33.4 Å². The molecule has 9 rings (SSSR count). The molecule has 0 N–H and O–H groups in total. The van der Waals surface area contributed by atoms with E-state index in [0.29, 0.717) is 0 Å². The van der Waals surface area contributed by atoms with Gasteiger partial charge in [-0.25, -0.2) is 0 Å². The SMILES string of the molecule is CC.CC.CC.CC.CC.CC.Cc1ccc2c(c1)Cc1ccccc1-2.Cc1cccc2c1-c1ccccc1C2.Cc1cccc2c1Cc1ccccc1-2. The van der Waals surface area contributed by atoms with Gasteiger partial charge >= 0.3 is 0 Å². The first-order valence-electron chi connectivity index (χ1n) is 21.1. The van der Waals surface area contributed by atoms with Gasteiger partial charge < -0.3 is 0 Å². The summed E-state index contributed by atoms with van der Waals surface area (Å²) in [6, 6.07) is 46.0. The summed E-state index contributed by atoms with van der Waals surface area (Å²) in [7, 11) is 0. The molecule has 0 heterocycles. The summed E-state index contributed by atoms with van der Waals surface area (Å²) in [6.45, 7) is 30.6. The molecule has 0 heteroatoms. The molecule has 0 bridgehead atoms. The molecule has 0 radical (unpaired) electrons. The van der Waals surface area contributed by atoms with Crippen LogP contribution >= 0.6 is 0 Å². The molecule has 0 fully saturated rings. The smallest absolute Gasteiger partial charge is 0.00108 e. The third-order valence-electron chi connectivity index (χ3n) is 9.06. The average Bonchev–Trinajstić information content (AvgIpc) is 3.95. The largest absolute Gasteiger partial charge is 0.0683 e. The molecule has 0 unspecified atom stereocenters. The second kappa shape index (κ2) is 26.2. The second-order valence-corrected chi connectivity index (χ2v) is 11.9. The number of hydrogen-bond donors (Lipinski definition) is 0. The fourth-order valence-electron chi connectivity index (χ4n) is 6.98. The first-order chi connectivity index (χ1) is 26.6. The van der Waals surface area contributed by atoms with Crippen molar-refractivity contribution in [3.63, 3.8) is 0 Å². The minimum absolute atomic E-state index is 1.10. The highest BCUT2D eigenvalue weighted by Crippen LogP contribution is 2.39. The minimum atomic E-state index is 1.10. The van der Waals surface area contributed by atoms with Crippen molar-refractivity contribution in [2.24, 2.45) is 0 Å². The third-order valence-corrected chi connectivity index (χ3v) is 9.06. The lowest BCUT2D eigenvalue weighted by Crippen LogP contribution is -1.84. The maximum atomic E-state index is 2.30. The van der Waals surface area contributed by atoms with E-state index in [4.69, 9.17) is 0 Å². The van der Waals surface area contributed by atoms with Gasteiger partial charge in [0.05, 0.1) is 0 Å². The lowest BCUT2D eigenvalue weighted by atomic mass is 10.0. The van der Waals surface area contributed by atoms with Crippen LogP contribution in [-0.4, -0.2) is 0 Å². The van der Waals surface area contributed by atoms with Gasteiger partial charge in [0.1, 0.15) is 0 Å². The van der Waals surface area contributed by atoms with Crippen LogP contribution in [0.15, 0.2) is 127 Å². The van der Waals surface area contributed by atoms with Gasteiger partial charge in [0.15, 0.2) is 0 Å². The maximum absolute atomic E-state index is 2.30. The minimum Gasteiger partial charge on any atom is -0.0683 e. The number of fused-ring (bicyclic) bond motifs is 9. The zero-order chi connectivity index (χ0) is 40.6. The van der Waals surface area contributed by atoms with Crippen molar-refractivity contribution in [1.29, 1.82) is 0 Å². The monoisotopic (exact) mass is 721 g/mol. The van der Waals surface area contributed by atoms with Crippen LogP contribution in [0.4, 0.5) is 0 Å². The summed E-state index contributed by atoms with van der Waals surface area (Å²) in [6.07, 6.45) is 3.32. The number of hydrogen-bond acceptors (Lipinski definition) is 0. The van der Waals surface area contributed by atoms with Crippen molar-refractivity contribution in [1.82, 2.24) is 0 Å². The third kappa shape index (κ3) is 11.7. The zero-order valence-corrected chi connectivity index (χ0v) is 36.7. The molecular formula is C54H72. The zero-order valence-electron chi connectivity index (χ0n) is 36.7. The Morgan fingerprint density at radius 1 is 0.296 bits per heavy atom. The van der Waals surface area contributed by atoms with E-state index in [1.807, 2.05) is 83.1 Å². The molecule has 0 saturated heterocycles. The van der Waals surface area contributed by atoms with E-state index in [0.717, 1.165) is 19.3 Å². The van der Waals surface area contributed by atoms with Gasteiger partial charge in [-0.2, -0.15) is 0 Å². The Hall–Kier alpha value is -4.68. The second-order valence-electron chi connectivity index (χ2n) is 11.9. The highest BCUT2D eigenvalue weighted by atomic mass is 14.2. The Balaban J connectivity index is 0.000000355. The van der Waals surface area contributed by atoms with E-state index < -0.39 is 0 Å². The van der Waals surface area contributed by atoms with Gasteiger partial charge in [-0.15, -0.1) is 0 Å². The molecule has 6 aromatic carbocycles. The molecule has 3 aliphatic rings. The topological polar surface area (TPSA) is 0 Å². The number of aryl methyl sites for hydroxylation is 3. The van der Waals surface area contributed by atoms with Gasteiger partial charge in [0.25, 0.3) is 0 Å². The summed E-state index contributed by atoms with van der Waals surface area (Å²) < 4.78 is 0. The Kier molecular flexibility index (Phi) is 22.9. The van der Waals surface area contributed by atoms with Crippen LogP contribution in [0.25, 0.3) is 33.4 Å². The quantitative estimate of drug-likeness (QED) is 0.146. The lowest BCUT2D eigenvalue weighted by Gasteiger charge is -2.03. The van der Waals surface area contributed by atoms with Crippen LogP contribution in [0.5, 0.6) is 0 Å². The van der Waals surface area contributed by atoms with Gasteiger partial charge in [-0.1, -0.05) is 216 Å². The average molecular weight is 721 g/mol. The van der Waals surface area contributed by atoms with Crippen molar-refractivity contribution in [3.05, 3.63) is 177 Å². The van der Waals surface area contributed by atoms with E-state index >= 15 is 0 Å². The van der Waals surface area contributed by atoms with E-state index in [1.54, 1.807) is 0 Å². The molecular weight excluding hydrogens is 649 g/mol. The first-order valence-corrected chi connectivity index (χ1v) is 21.1. The molecule has 0 saturated carbocycles. The Labute approximate surface area is 332 Å². The van der Waals surface area contributed by atoms with Crippen LogP contribution in [-0.2, 0) is 19.3 Å². The molecule has 0 amide bonds. The van der Waals surface area contributed by atoms with E-state index in [9.17, 15) is 0 Å². The molecule has 0 spiro atoms. The molecule has 288 valence electrons. The Morgan fingerprint density at radius 3 is 1.28 bits per heavy atom. The van der Waals surface area contributed by atoms with E-state index in [-0.39, 0.29) is 0 Å². The molecule has 54 heavy (non-hydrogen) atoms.